The summed E-state index contributed by atoms with van der Waals surface area (Å²) in [6.45, 7) is 3.73. The molecule has 0 saturated carbocycles. The van der Waals surface area contributed by atoms with Crippen molar-refractivity contribution in [1.82, 2.24) is 0 Å². The van der Waals surface area contributed by atoms with Gasteiger partial charge in [0.2, 0.25) is 0 Å². The fourth-order valence-corrected chi connectivity index (χ4v) is 2.47. The first-order valence-electron chi connectivity index (χ1n) is 5.24. The molecular weight excluding hydrogens is 226 g/mol. The second kappa shape index (κ2) is 5.32. The maximum Gasteiger partial charge on any atom is 0.297 e. The molecule has 1 unspecified atom stereocenters. The lowest BCUT2D eigenvalue weighted by atomic mass is 10.2. The molecule has 90 valence electrons. The predicted molar refractivity (Wildman–Crippen MR) is 63.5 cm³/mol. The van der Waals surface area contributed by atoms with Gasteiger partial charge < -0.3 is 5.73 Å². The maximum absolute atomic E-state index is 11.8. The normalized spacial score (nSPS) is 13.6. The van der Waals surface area contributed by atoms with Crippen LogP contribution in [0, 0.1) is 0 Å². The van der Waals surface area contributed by atoms with E-state index in [9.17, 15) is 8.42 Å². The highest BCUT2D eigenvalue weighted by atomic mass is 32.2. The standard InChI is InChI=1S/C11H17NO3S/c1-3-4-9(2)15-16(13,14)11-7-5-10(12)6-8-11/h5-9H,3-4,12H2,1-2H3. The highest BCUT2D eigenvalue weighted by molar-refractivity contribution is 7.86. The second-order valence-electron chi connectivity index (χ2n) is 3.72. The van der Waals surface area contributed by atoms with Crippen molar-refractivity contribution in [2.45, 2.75) is 37.7 Å². The van der Waals surface area contributed by atoms with Gasteiger partial charge in [-0.2, -0.15) is 8.42 Å². The van der Waals surface area contributed by atoms with Crippen LogP contribution in [0.15, 0.2) is 29.2 Å². The van der Waals surface area contributed by atoms with Crippen LogP contribution in [0.4, 0.5) is 5.69 Å². The summed E-state index contributed by atoms with van der Waals surface area (Å²) >= 11 is 0. The smallest absolute Gasteiger partial charge is 0.297 e. The van der Waals surface area contributed by atoms with E-state index in [-0.39, 0.29) is 11.0 Å². The van der Waals surface area contributed by atoms with Gasteiger partial charge in [-0.1, -0.05) is 13.3 Å². The van der Waals surface area contributed by atoms with E-state index in [4.69, 9.17) is 9.92 Å². The highest BCUT2D eigenvalue weighted by Gasteiger charge is 2.18. The quantitative estimate of drug-likeness (QED) is 0.635. The van der Waals surface area contributed by atoms with E-state index in [0.29, 0.717) is 12.1 Å². The third kappa shape index (κ3) is 3.50. The monoisotopic (exact) mass is 243 g/mol. The first-order valence-corrected chi connectivity index (χ1v) is 6.65. The van der Waals surface area contributed by atoms with Crippen LogP contribution in [0.1, 0.15) is 26.7 Å². The molecule has 0 amide bonds. The third-order valence-electron chi connectivity index (χ3n) is 2.15. The first kappa shape index (κ1) is 13.0. The molecular formula is C11H17NO3S. The zero-order valence-corrected chi connectivity index (χ0v) is 10.3. The van der Waals surface area contributed by atoms with Crippen molar-refractivity contribution in [2.24, 2.45) is 0 Å². The molecule has 2 N–H and O–H groups in total. The van der Waals surface area contributed by atoms with Gasteiger partial charge in [0.1, 0.15) is 0 Å². The second-order valence-corrected chi connectivity index (χ2v) is 5.29. The molecule has 5 heteroatoms. The number of nitrogen functional groups attached to an aromatic ring is 1. The SMILES string of the molecule is CCCC(C)OS(=O)(=O)c1ccc(N)cc1. The van der Waals surface area contributed by atoms with Gasteiger partial charge in [-0.15, -0.1) is 0 Å². The average molecular weight is 243 g/mol. The number of rotatable bonds is 5. The molecule has 1 aromatic carbocycles. The Kier molecular flexibility index (Phi) is 4.32. The topological polar surface area (TPSA) is 69.4 Å². The molecule has 1 rings (SSSR count). The van der Waals surface area contributed by atoms with Crippen LogP contribution in [0.3, 0.4) is 0 Å². The average Bonchev–Trinajstić information content (AvgIpc) is 2.17. The summed E-state index contributed by atoms with van der Waals surface area (Å²) in [5, 5.41) is 0. The summed E-state index contributed by atoms with van der Waals surface area (Å²) in [5.41, 5.74) is 6.01. The summed E-state index contributed by atoms with van der Waals surface area (Å²) < 4.78 is 28.6. The lowest BCUT2D eigenvalue weighted by molar-refractivity contribution is 0.217. The van der Waals surface area contributed by atoms with Crippen molar-refractivity contribution in [2.75, 3.05) is 5.73 Å². The zero-order chi connectivity index (χ0) is 12.2. The minimum absolute atomic E-state index is 0.143. The van der Waals surface area contributed by atoms with Crippen molar-refractivity contribution in [3.63, 3.8) is 0 Å². The molecule has 16 heavy (non-hydrogen) atoms. The molecule has 4 nitrogen and oxygen atoms in total. The summed E-state index contributed by atoms with van der Waals surface area (Å²) in [5.74, 6) is 0. The Balaban J connectivity index is 2.82. The number of hydrogen-bond donors (Lipinski definition) is 1. The van der Waals surface area contributed by atoms with Gasteiger partial charge in [0, 0.05) is 5.69 Å². The van der Waals surface area contributed by atoms with Gasteiger partial charge in [0.15, 0.2) is 0 Å². The van der Waals surface area contributed by atoms with E-state index < -0.39 is 10.1 Å². The van der Waals surface area contributed by atoms with Crippen LogP contribution >= 0.6 is 0 Å². The molecule has 0 radical (unpaired) electrons. The Hall–Kier alpha value is -1.07. The third-order valence-corrected chi connectivity index (χ3v) is 3.59. The first-order chi connectivity index (χ1) is 7.45. The molecule has 0 aliphatic heterocycles. The van der Waals surface area contributed by atoms with Crippen molar-refractivity contribution in [3.05, 3.63) is 24.3 Å². The van der Waals surface area contributed by atoms with Gasteiger partial charge in [-0.05, 0) is 37.6 Å². The molecule has 0 aromatic heterocycles. The lowest BCUT2D eigenvalue weighted by Crippen LogP contribution is -2.15. The molecule has 0 spiro atoms. The van der Waals surface area contributed by atoms with Crippen LogP contribution < -0.4 is 5.73 Å². The summed E-state index contributed by atoms with van der Waals surface area (Å²) in [6.07, 6.45) is 1.31. The number of nitrogens with two attached hydrogens (primary N) is 1. The minimum Gasteiger partial charge on any atom is -0.399 e. The largest absolute Gasteiger partial charge is 0.399 e. The molecule has 0 aliphatic carbocycles. The van der Waals surface area contributed by atoms with E-state index in [1.807, 2.05) is 6.92 Å². The Morgan fingerprint density at radius 3 is 2.38 bits per heavy atom. The molecule has 1 atom stereocenters. The van der Waals surface area contributed by atoms with E-state index in [1.54, 1.807) is 19.1 Å². The Morgan fingerprint density at radius 1 is 1.31 bits per heavy atom. The van der Waals surface area contributed by atoms with Crippen molar-refractivity contribution < 1.29 is 12.6 Å². The van der Waals surface area contributed by atoms with Crippen LogP contribution in [0.2, 0.25) is 0 Å². The van der Waals surface area contributed by atoms with Crippen molar-refractivity contribution in [3.8, 4) is 0 Å². The van der Waals surface area contributed by atoms with Crippen LogP contribution in [-0.2, 0) is 14.3 Å². The summed E-state index contributed by atoms with van der Waals surface area (Å²) in [7, 11) is -3.65. The van der Waals surface area contributed by atoms with E-state index >= 15 is 0 Å². The molecule has 1 aromatic rings. The summed E-state index contributed by atoms with van der Waals surface area (Å²) in [6, 6.07) is 5.98. The van der Waals surface area contributed by atoms with Crippen LogP contribution in [0.5, 0.6) is 0 Å². The predicted octanol–water partition coefficient (Wildman–Crippen LogP) is 2.16. The van der Waals surface area contributed by atoms with Crippen molar-refractivity contribution >= 4 is 15.8 Å². The number of hydrogen-bond acceptors (Lipinski definition) is 4. The Labute approximate surface area is 96.5 Å². The molecule has 0 fully saturated rings. The van der Waals surface area contributed by atoms with Gasteiger partial charge >= 0.3 is 0 Å². The van der Waals surface area contributed by atoms with E-state index in [0.717, 1.165) is 6.42 Å². The van der Waals surface area contributed by atoms with Gasteiger partial charge in [0.25, 0.3) is 10.1 Å². The zero-order valence-electron chi connectivity index (χ0n) is 9.51. The number of benzene rings is 1. The fraction of sp³-hybridized carbons (Fsp3) is 0.455. The Morgan fingerprint density at radius 2 is 1.88 bits per heavy atom. The van der Waals surface area contributed by atoms with E-state index in [1.165, 1.54) is 12.1 Å². The minimum atomic E-state index is -3.65. The number of anilines is 1. The Bertz CT molecular complexity index is 425. The molecule has 0 heterocycles. The van der Waals surface area contributed by atoms with Crippen LogP contribution in [0.25, 0.3) is 0 Å². The maximum atomic E-state index is 11.8. The highest BCUT2D eigenvalue weighted by Crippen LogP contribution is 2.17. The molecule has 0 saturated heterocycles. The molecule has 0 bridgehead atoms. The van der Waals surface area contributed by atoms with Crippen molar-refractivity contribution in [1.29, 1.82) is 0 Å². The fourth-order valence-electron chi connectivity index (χ4n) is 1.36. The lowest BCUT2D eigenvalue weighted by Gasteiger charge is -2.11. The summed E-state index contributed by atoms with van der Waals surface area (Å²) in [4.78, 5) is 0.143. The molecule has 0 aliphatic rings. The van der Waals surface area contributed by atoms with Gasteiger partial charge in [0.05, 0.1) is 11.0 Å². The van der Waals surface area contributed by atoms with Gasteiger partial charge in [-0.25, -0.2) is 0 Å². The van der Waals surface area contributed by atoms with Gasteiger partial charge in [-0.3, -0.25) is 4.18 Å². The van der Waals surface area contributed by atoms with Crippen LogP contribution in [-0.4, -0.2) is 14.5 Å². The van der Waals surface area contributed by atoms with E-state index in [2.05, 4.69) is 0 Å².